The molecule has 2 nitrogen and oxygen atoms in total. The highest BCUT2D eigenvalue weighted by molar-refractivity contribution is 6.31. The first-order chi connectivity index (χ1) is 7.38. The molecule has 1 rings (SSSR count). The molecule has 0 radical (unpaired) electrons. The topological polar surface area (TPSA) is 37.3 Å². The van der Waals surface area contributed by atoms with Crippen LogP contribution in [0, 0.1) is 0 Å². The number of hydrogen-bond acceptors (Lipinski definition) is 1. The van der Waals surface area contributed by atoms with Gasteiger partial charge in [-0.3, -0.25) is 0 Å². The molecule has 16 heavy (non-hydrogen) atoms. The number of carboxylic acid groups (broad SMARTS) is 1. The summed E-state index contributed by atoms with van der Waals surface area (Å²) in [4.78, 5) is 10.8. The minimum Gasteiger partial charge on any atom is -0.478 e. The van der Waals surface area contributed by atoms with Crippen LogP contribution in [-0.4, -0.2) is 11.1 Å². The first-order valence-electron chi connectivity index (χ1n) is 5.42. The van der Waals surface area contributed by atoms with E-state index in [0.29, 0.717) is 5.02 Å². The van der Waals surface area contributed by atoms with Gasteiger partial charge >= 0.3 is 5.97 Å². The van der Waals surface area contributed by atoms with Gasteiger partial charge in [-0.05, 0) is 29.5 Å². The fourth-order valence-corrected chi connectivity index (χ4v) is 2.39. The molecule has 0 amide bonds. The molecule has 0 saturated heterocycles. The third-order valence-corrected chi connectivity index (χ3v) is 3.13. The van der Waals surface area contributed by atoms with E-state index in [2.05, 4.69) is 20.8 Å². The first-order valence-corrected chi connectivity index (χ1v) is 5.79. The van der Waals surface area contributed by atoms with Crippen molar-refractivity contribution in [2.75, 3.05) is 0 Å². The summed E-state index contributed by atoms with van der Waals surface area (Å²) in [6, 6.07) is 4.96. The lowest BCUT2D eigenvalue weighted by molar-refractivity contribution is 0.0697. The number of carbonyl (C=O) groups is 1. The average molecular weight is 241 g/mol. The Morgan fingerprint density at radius 1 is 1.44 bits per heavy atom. The van der Waals surface area contributed by atoms with Gasteiger partial charge in [-0.25, -0.2) is 4.79 Å². The molecule has 0 unspecified atom stereocenters. The quantitative estimate of drug-likeness (QED) is 0.860. The first kappa shape index (κ1) is 13.0. The summed E-state index contributed by atoms with van der Waals surface area (Å²) >= 11 is 6.13. The van der Waals surface area contributed by atoms with Crippen LogP contribution >= 0.6 is 11.6 Å². The van der Waals surface area contributed by atoms with E-state index >= 15 is 0 Å². The lowest BCUT2D eigenvalue weighted by atomic mass is 9.80. The SMILES string of the molecule is CCCC(C)(C)c1ccc(C(=O)O)cc1Cl. The van der Waals surface area contributed by atoms with E-state index < -0.39 is 5.97 Å². The standard InChI is InChI=1S/C13H17ClO2/c1-4-7-13(2,3)10-6-5-9(12(15)16)8-11(10)14/h5-6,8H,4,7H2,1-3H3,(H,15,16). The Kier molecular flexibility index (Phi) is 3.98. The van der Waals surface area contributed by atoms with Crippen molar-refractivity contribution in [2.45, 2.75) is 39.0 Å². The van der Waals surface area contributed by atoms with Crippen molar-refractivity contribution in [2.24, 2.45) is 0 Å². The maximum atomic E-state index is 10.8. The summed E-state index contributed by atoms with van der Waals surface area (Å²) in [7, 11) is 0. The zero-order valence-electron chi connectivity index (χ0n) is 9.88. The van der Waals surface area contributed by atoms with Gasteiger partial charge in [-0.15, -0.1) is 0 Å². The van der Waals surface area contributed by atoms with Crippen molar-refractivity contribution in [3.63, 3.8) is 0 Å². The summed E-state index contributed by atoms with van der Waals surface area (Å²) in [5.41, 5.74) is 1.24. The molecule has 1 aromatic carbocycles. The number of halogens is 1. The highest BCUT2D eigenvalue weighted by Gasteiger charge is 2.22. The van der Waals surface area contributed by atoms with Crippen molar-refractivity contribution in [1.82, 2.24) is 0 Å². The fraction of sp³-hybridized carbons (Fsp3) is 0.462. The van der Waals surface area contributed by atoms with Gasteiger partial charge in [0.2, 0.25) is 0 Å². The highest BCUT2D eigenvalue weighted by atomic mass is 35.5. The molecular formula is C13H17ClO2. The Balaban J connectivity index is 3.12. The van der Waals surface area contributed by atoms with Gasteiger partial charge in [-0.2, -0.15) is 0 Å². The van der Waals surface area contributed by atoms with Gasteiger partial charge in [0, 0.05) is 5.02 Å². The van der Waals surface area contributed by atoms with Crippen LogP contribution in [0.2, 0.25) is 5.02 Å². The molecule has 0 saturated carbocycles. The molecule has 88 valence electrons. The van der Waals surface area contributed by atoms with E-state index in [1.165, 1.54) is 6.07 Å². The monoisotopic (exact) mass is 240 g/mol. The van der Waals surface area contributed by atoms with Crippen LogP contribution in [-0.2, 0) is 5.41 Å². The van der Waals surface area contributed by atoms with E-state index in [1.807, 2.05) is 6.07 Å². The van der Waals surface area contributed by atoms with Gasteiger partial charge in [0.05, 0.1) is 5.56 Å². The number of hydrogen-bond donors (Lipinski definition) is 1. The highest BCUT2D eigenvalue weighted by Crippen LogP contribution is 2.34. The van der Waals surface area contributed by atoms with Crippen molar-refractivity contribution >= 4 is 17.6 Å². The van der Waals surface area contributed by atoms with Crippen LogP contribution in [0.3, 0.4) is 0 Å². The van der Waals surface area contributed by atoms with E-state index in [-0.39, 0.29) is 11.0 Å². The van der Waals surface area contributed by atoms with Crippen molar-refractivity contribution < 1.29 is 9.90 Å². The smallest absolute Gasteiger partial charge is 0.335 e. The second kappa shape index (κ2) is 4.88. The fourth-order valence-electron chi connectivity index (χ4n) is 1.96. The molecule has 0 spiro atoms. The van der Waals surface area contributed by atoms with Crippen LogP contribution in [0.15, 0.2) is 18.2 Å². The second-order valence-electron chi connectivity index (χ2n) is 4.63. The Bertz CT molecular complexity index is 397. The molecule has 3 heteroatoms. The number of aromatic carboxylic acids is 1. The van der Waals surface area contributed by atoms with Gasteiger partial charge in [0.15, 0.2) is 0 Å². The zero-order chi connectivity index (χ0) is 12.3. The minimum absolute atomic E-state index is 0.0110. The van der Waals surface area contributed by atoms with Crippen molar-refractivity contribution in [1.29, 1.82) is 0 Å². The molecule has 0 aliphatic rings. The molecular weight excluding hydrogens is 224 g/mol. The molecule has 0 atom stereocenters. The third kappa shape index (κ3) is 2.76. The molecule has 1 N–H and O–H groups in total. The van der Waals surface area contributed by atoms with E-state index in [9.17, 15) is 4.79 Å². The maximum absolute atomic E-state index is 10.8. The predicted octanol–water partition coefficient (Wildman–Crippen LogP) is 4.12. The molecule has 0 bridgehead atoms. The maximum Gasteiger partial charge on any atom is 0.335 e. The molecule has 0 aromatic heterocycles. The lowest BCUT2D eigenvalue weighted by Gasteiger charge is -2.26. The van der Waals surface area contributed by atoms with Gasteiger partial charge < -0.3 is 5.11 Å². The second-order valence-corrected chi connectivity index (χ2v) is 5.04. The van der Waals surface area contributed by atoms with Crippen LogP contribution in [0.25, 0.3) is 0 Å². The largest absolute Gasteiger partial charge is 0.478 e. The molecule has 0 fully saturated rings. The predicted molar refractivity (Wildman–Crippen MR) is 66.3 cm³/mol. The summed E-state index contributed by atoms with van der Waals surface area (Å²) < 4.78 is 0. The Labute approximate surface area is 101 Å². The van der Waals surface area contributed by atoms with E-state index in [4.69, 9.17) is 16.7 Å². The van der Waals surface area contributed by atoms with Crippen LogP contribution in [0.4, 0.5) is 0 Å². The van der Waals surface area contributed by atoms with Gasteiger partial charge in [-0.1, -0.05) is 44.9 Å². The summed E-state index contributed by atoms with van der Waals surface area (Å²) in [6.45, 7) is 6.37. The molecule has 0 aliphatic heterocycles. The van der Waals surface area contributed by atoms with Crippen LogP contribution in [0.5, 0.6) is 0 Å². The third-order valence-electron chi connectivity index (χ3n) is 2.82. The Morgan fingerprint density at radius 3 is 2.50 bits per heavy atom. The van der Waals surface area contributed by atoms with Gasteiger partial charge in [0.1, 0.15) is 0 Å². The average Bonchev–Trinajstić information content (AvgIpc) is 2.16. The van der Waals surface area contributed by atoms with Crippen molar-refractivity contribution in [3.8, 4) is 0 Å². The minimum atomic E-state index is -0.943. The summed E-state index contributed by atoms with van der Waals surface area (Å²) in [5.74, 6) is -0.943. The number of rotatable bonds is 4. The zero-order valence-corrected chi connectivity index (χ0v) is 10.6. The Morgan fingerprint density at radius 2 is 2.06 bits per heavy atom. The lowest BCUT2D eigenvalue weighted by Crippen LogP contribution is -2.17. The number of carboxylic acids is 1. The molecule has 1 aromatic rings. The normalized spacial score (nSPS) is 11.5. The van der Waals surface area contributed by atoms with Crippen LogP contribution < -0.4 is 0 Å². The molecule has 0 aliphatic carbocycles. The van der Waals surface area contributed by atoms with E-state index in [0.717, 1.165) is 18.4 Å². The molecule has 0 heterocycles. The van der Waals surface area contributed by atoms with Gasteiger partial charge in [0.25, 0.3) is 0 Å². The van der Waals surface area contributed by atoms with Crippen molar-refractivity contribution in [3.05, 3.63) is 34.3 Å². The van der Waals surface area contributed by atoms with Crippen LogP contribution in [0.1, 0.15) is 49.5 Å². The Hall–Kier alpha value is -1.02. The summed E-state index contributed by atoms with van der Waals surface area (Å²) in [5, 5.41) is 9.39. The number of benzene rings is 1. The summed E-state index contributed by atoms with van der Waals surface area (Å²) in [6.07, 6.45) is 2.10. The van der Waals surface area contributed by atoms with E-state index in [1.54, 1.807) is 6.07 Å².